The van der Waals surface area contributed by atoms with Gasteiger partial charge in [0.1, 0.15) is 17.3 Å². The first-order valence-electron chi connectivity index (χ1n) is 8.02. The van der Waals surface area contributed by atoms with Gasteiger partial charge in [-0.15, -0.1) is 6.58 Å². The van der Waals surface area contributed by atoms with Crippen LogP contribution in [0.25, 0.3) is 11.4 Å². The van der Waals surface area contributed by atoms with E-state index in [9.17, 15) is 9.18 Å². The van der Waals surface area contributed by atoms with Crippen LogP contribution in [0, 0.1) is 5.82 Å². The van der Waals surface area contributed by atoms with E-state index in [1.807, 2.05) is 30.3 Å². The largest absolute Gasteiger partial charge is 0.366 e. The van der Waals surface area contributed by atoms with E-state index in [0.717, 1.165) is 5.56 Å². The minimum absolute atomic E-state index is 0.0953. The molecule has 6 heteroatoms. The molecule has 0 aliphatic heterocycles. The lowest BCUT2D eigenvalue weighted by Crippen LogP contribution is -2.16. The zero-order chi connectivity index (χ0) is 18.4. The van der Waals surface area contributed by atoms with Crippen LogP contribution in [0.15, 0.2) is 73.3 Å². The molecule has 2 aromatic carbocycles. The molecule has 0 saturated carbocycles. The highest BCUT2D eigenvalue weighted by Gasteiger charge is 2.14. The molecule has 2 N–H and O–H groups in total. The summed E-state index contributed by atoms with van der Waals surface area (Å²) >= 11 is 0. The summed E-state index contributed by atoms with van der Waals surface area (Å²) in [6, 6.07) is 16.8. The molecule has 0 unspecified atom stereocenters. The van der Waals surface area contributed by atoms with E-state index in [1.165, 1.54) is 18.2 Å². The van der Waals surface area contributed by atoms with Crippen LogP contribution in [0.2, 0.25) is 0 Å². The smallest absolute Gasteiger partial charge is 0.274 e. The molecule has 5 nitrogen and oxygen atoms in total. The Morgan fingerprint density at radius 1 is 1.08 bits per heavy atom. The Balaban J connectivity index is 1.95. The first kappa shape index (κ1) is 17.3. The second-order valence-electron chi connectivity index (χ2n) is 5.43. The summed E-state index contributed by atoms with van der Waals surface area (Å²) in [5.41, 5.74) is 1.00. The SMILES string of the molecule is C=CCNc1cc(C(=O)Nc2ccccc2F)nc(-c2ccccc2)n1. The second-order valence-corrected chi connectivity index (χ2v) is 5.43. The molecule has 26 heavy (non-hydrogen) atoms. The number of carbonyl (C=O) groups excluding carboxylic acids is 1. The quantitative estimate of drug-likeness (QED) is 0.657. The number of nitrogens with zero attached hydrogens (tertiary/aromatic N) is 2. The zero-order valence-electron chi connectivity index (χ0n) is 13.9. The average molecular weight is 348 g/mol. The van der Waals surface area contributed by atoms with E-state index >= 15 is 0 Å². The fourth-order valence-electron chi connectivity index (χ4n) is 2.30. The van der Waals surface area contributed by atoms with Crippen molar-refractivity contribution in [3.8, 4) is 11.4 Å². The second kappa shape index (κ2) is 8.02. The normalized spacial score (nSPS) is 10.2. The Bertz CT molecular complexity index is 928. The van der Waals surface area contributed by atoms with Crippen molar-refractivity contribution in [2.45, 2.75) is 0 Å². The van der Waals surface area contributed by atoms with Gasteiger partial charge in [-0.3, -0.25) is 4.79 Å². The minimum atomic E-state index is -0.517. The van der Waals surface area contributed by atoms with Crippen LogP contribution in [-0.4, -0.2) is 22.4 Å². The first-order chi connectivity index (χ1) is 12.7. The van der Waals surface area contributed by atoms with Crippen molar-refractivity contribution >= 4 is 17.4 Å². The number of nitrogens with one attached hydrogen (secondary N) is 2. The summed E-state index contributed by atoms with van der Waals surface area (Å²) < 4.78 is 13.8. The molecule has 0 aliphatic carbocycles. The lowest BCUT2D eigenvalue weighted by atomic mass is 10.2. The molecule has 1 amide bonds. The maximum Gasteiger partial charge on any atom is 0.274 e. The summed E-state index contributed by atoms with van der Waals surface area (Å²) in [6.07, 6.45) is 1.68. The predicted molar refractivity (Wildman–Crippen MR) is 101 cm³/mol. The molecule has 0 fully saturated rings. The molecule has 0 aliphatic rings. The maximum atomic E-state index is 13.8. The average Bonchev–Trinajstić information content (AvgIpc) is 2.68. The van der Waals surface area contributed by atoms with Crippen molar-refractivity contribution in [1.82, 2.24) is 9.97 Å². The Hall–Kier alpha value is -3.54. The van der Waals surface area contributed by atoms with Crippen molar-refractivity contribution in [2.24, 2.45) is 0 Å². The van der Waals surface area contributed by atoms with Crippen LogP contribution in [0.4, 0.5) is 15.9 Å². The Kier molecular flexibility index (Phi) is 5.34. The molecule has 0 spiro atoms. The van der Waals surface area contributed by atoms with Crippen LogP contribution in [-0.2, 0) is 0 Å². The number of hydrogen-bond acceptors (Lipinski definition) is 4. The molecular formula is C20H17FN4O. The molecule has 3 rings (SSSR count). The fourth-order valence-corrected chi connectivity index (χ4v) is 2.30. The Morgan fingerprint density at radius 3 is 2.54 bits per heavy atom. The number of para-hydroxylation sites is 1. The van der Waals surface area contributed by atoms with Crippen LogP contribution in [0.5, 0.6) is 0 Å². The molecule has 0 atom stereocenters. The molecule has 1 heterocycles. The van der Waals surface area contributed by atoms with Gasteiger partial charge in [0.2, 0.25) is 0 Å². The van der Waals surface area contributed by atoms with Gasteiger partial charge in [0.25, 0.3) is 5.91 Å². The summed E-state index contributed by atoms with van der Waals surface area (Å²) in [5, 5.41) is 5.59. The van der Waals surface area contributed by atoms with Gasteiger partial charge in [0.05, 0.1) is 5.69 Å². The summed E-state index contributed by atoms with van der Waals surface area (Å²) in [4.78, 5) is 21.3. The number of anilines is 2. The van der Waals surface area contributed by atoms with Crippen LogP contribution in [0.3, 0.4) is 0 Å². The zero-order valence-corrected chi connectivity index (χ0v) is 13.9. The van der Waals surface area contributed by atoms with Gasteiger partial charge in [0.15, 0.2) is 5.82 Å². The first-order valence-corrected chi connectivity index (χ1v) is 8.02. The summed E-state index contributed by atoms with van der Waals surface area (Å²) in [7, 11) is 0. The lowest BCUT2D eigenvalue weighted by molar-refractivity contribution is 0.102. The van der Waals surface area contributed by atoms with E-state index in [4.69, 9.17) is 0 Å². The number of carbonyl (C=O) groups is 1. The number of hydrogen-bond donors (Lipinski definition) is 2. The molecule has 3 aromatic rings. The van der Waals surface area contributed by atoms with E-state index in [-0.39, 0.29) is 11.4 Å². The van der Waals surface area contributed by atoms with Gasteiger partial charge in [-0.25, -0.2) is 14.4 Å². The van der Waals surface area contributed by atoms with Crippen LogP contribution >= 0.6 is 0 Å². The highest BCUT2D eigenvalue weighted by Crippen LogP contribution is 2.19. The van der Waals surface area contributed by atoms with Crippen LogP contribution in [0.1, 0.15) is 10.5 Å². The Labute approximate surface area is 150 Å². The lowest BCUT2D eigenvalue weighted by Gasteiger charge is -2.10. The van der Waals surface area contributed by atoms with E-state index in [2.05, 4.69) is 27.2 Å². The maximum absolute atomic E-state index is 13.8. The number of aromatic nitrogens is 2. The van der Waals surface area contributed by atoms with Crippen molar-refractivity contribution in [1.29, 1.82) is 0 Å². The molecule has 0 saturated heterocycles. The molecular weight excluding hydrogens is 331 g/mol. The topological polar surface area (TPSA) is 66.9 Å². The van der Waals surface area contributed by atoms with Crippen molar-refractivity contribution in [2.75, 3.05) is 17.2 Å². The van der Waals surface area contributed by atoms with Crippen LogP contribution < -0.4 is 10.6 Å². The highest BCUT2D eigenvalue weighted by atomic mass is 19.1. The summed E-state index contributed by atoms with van der Waals surface area (Å²) in [6.45, 7) is 4.14. The number of benzene rings is 2. The standard InChI is InChI=1S/C20H17FN4O/c1-2-12-22-18-13-17(20(26)24-16-11-7-6-10-15(16)21)23-19(25-18)14-8-4-3-5-9-14/h2-11,13H,1,12H2,(H,24,26)(H,22,23,25). The number of halogens is 1. The molecule has 130 valence electrons. The van der Waals surface area contributed by atoms with Gasteiger partial charge in [-0.2, -0.15) is 0 Å². The minimum Gasteiger partial charge on any atom is -0.366 e. The molecule has 0 radical (unpaired) electrons. The number of amides is 1. The van der Waals surface area contributed by atoms with E-state index in [0.29, 0.717) is 18.2 Å². The van der Waals surface area contributed by atoms with E-state index < -0.39 is 11.7 Å². The monoisotopic (exact) mass is 348 g/mol. The van der Waals surface area contributed by atoms with Gasteiger partial charge >= 0.3 is 0 Å². The van der Waals surface area contributed by atoms with Crippen molar-refractivity contribution in [3.63, 3.8) is 0 Å². The highest BCUT2D eigenvalue weighted by molar-refractivity contribution is 6.03. The Morgan fingerprint density at radius 2 is 1.81 bits per heavy atom. The van der Waals surface area contributed by atoms with Gasteiger partial charge < -0.3 is 10.6 Å². The van der Waals surface area contributed by atoms with Crippen molar-refractivity contribution < 1.29 is 9.18 Å². The van der Waals surface area contributed by atoms with Gasteiger partial charge in [-0.1, -0.05) is 48.5 Å². The predicted octanol–water partition coefficient (Wildman–Crippen LogP) is 4.13. The van der Waals surface area contributed by atoms with Gasteiger partial charge in [-0.05, 0) is 12.1 Å². The number of rotatable bonds is 6. The van der Waals surface area contributed by atoms with Crippen molar-refractivity contribution in [3.05, 3.63) is 84.8 Å². The third-order valence-electron chi connectivity index (χ3n) is 3.54. The summed E-state index contributed by atoms with van der Waals surface area (Å²) in [5.74, 6) is -0.143. The fraction of sp³-hybridized carbons (Fsp3) is 0.0500. The third-order valence-corrected chi connectivity index (χ3v) is 3.54. The van der Waals surface area contributed by atoms with Gasteiger partial charge in [0, 0.05) is 18.2 Å². The third kappa shape index (κ3) is 4.10. The molecule has 0 bridgehead atoms. The molecule has 1 aromatic heterocycles. The van der Waals surface area contributed by atoms with E-state index in [1.54, 1.807) is 18.2 Å².